The Balaban J connectivity index is 2.17. The average Bonchev–Trinajstić information content (AvgIpc) is 2.58. The molecule has 0 unspecified atom stereocenters. The Morgan fingerprint density at radius 1 is 1.21 bits per heavy atom. The van der Waals surface area contributed by atoms with E-state index in [1.54, 1.807) is 18.2 Å². The lowest BCUT2D eigenvalue weighted by Crippen LogP contribution is -2.31. The number of amides is 4. The van der Waals surface area contributed by atoms with Crippen molar-refractivity contribution >= 4 is 23.7 Å². The van der Waals surface area contributed by atoms with Gasteiger partial charge in [-0.15, -0.1) is 0 Å². The minimum atomic E-state index is -0.817. The lowest BCUT2D eigenvalue weighted by atomic mass is 10.3. The molecule has 1 aromatic heterocycles. The smallest absolute Gasteiger partial charge is 0.334 e. The predicted octanol–water partition coefficient (Wildman–Crippen LogP) is 0.434. The van der Waals surface area contributed by atoms with Gasteiger partial charge in [0, 0.05) is 13.6 Å². The van der Waals surface area contributed by atoms with Crippen LogP contribution in [-0.2, 0) is 16.1 Å². The summed E-state index contributed by atoms with van der Waals surface area (Å²) in [4.78, 5) is 40.6. The Bertz CT molecular complexity index is 544. The molecule has 0 bridgehead atoms. The molecule has 7 heteroatoms. The molecule has 0 spiro atoms. The maximum absolute atomic E-state index is 11.7. The first kappa shape index (κ1) is 13.0. The van der Waals surface area contributed by atoms with E-state index in [4.69, 9.17) is 0 Å². The number of hydrogen-bond acceptors (Lipinski definition) is 5. The summed E-state index contributed by atoms with van der Waals surface area (Å²) in [7, 11) is 1.28. The van der Waals surface area contributed by atoms with Gasteiger partial charge in [0.25, 0.3) is 0 Å². The molecule has 1 N–H and O–H groups in total. The number of anilines is 1. The van der Waals surface area contributed by atoms with Crippen molar-refractivity contribution in [3.05, 3.63) is 23.9 Å². The van der Waals surface area contributed by atoms with Crippen molar-refractivity contribution < 1.29 is 14.4 Å². The molecule has 19 heavy (non-hydrogen) atoms. The molecule has 7 nitrogen and oxygen atoms in total. The Kier molecular flexibility index (Phi) is 3.46. The fourth-order valence-corrected chi connectivity index (χ4v) is 1.76. The van der Waals surface area contributed by atoms with E-state index in [1.807, 2.05) is 6.92 Å². The number of hydrogen-bond donors (Lipinski definition) is 1. The minimum absolute atomic E-state index is 0.00696. The Morgan fingerprint density at radius 3 is 2.53 bits per heavy atom. The number of aromatic nitrogens is 1. The van der Waals surface area contributed by atoms with Crippen LogP contribution >= 0.6 is 0 Å². The van der Waals surface area contributed by atoms with Crippen LogP contribution in [0.1, 0.15) is 12.6 Å². The Morgan fingerprint density at radius 2 is 1.95 bits per heavy atom. The zero-order valence-corrected chi connectivity index (χ0v) is 10.7. The number of likely N-dealkylation sites (N-methyl/N-ethyl adjacent to an activating group) is 1. The highest BCUT2D eigenvalue weighted by molar-refractivity contribution is 6.44. The number of pyridine rings is 1. The van der Waals surface area contributed by atoms with Gasteiger partial charge in [0.1, 0.15) is 5.82 Å². The number of nitrogens with zero attached hydrogens (tertiary/aromatic N) is 3. The molecular formula is C12H14N4O3. The molecule has 0 aliphatic carbocycles. The van der Waals surface area contributed by atoms with Crippen LogP contribution in [0.4, 0.5) is 10.6 Å². The fourth-order valence-electron chi connectivity index (χ4n) is 1.76. The van der Waals surface area contributed by atoms with Gasteiger partial charge in [0.2, 0.25) is 0 Å². The summed E-state index contributed by atoms with van der Waals surface area (Å²) < 4.78 is 0. The summed E-state index contributed by atoms with van der Waals surface area (Å²) in [6.45, 7) is 2.65. The van der Waals surface area contributed by atoms with E-state index in [2.05, 4.69) is 10.3 Å². The van der Waals surface area contributed by atoms with Gasteiger partial charge in [-0.2, -0.15) is 0 Å². The molecule has 100 valence electrons. The van der Waals surface area contributed by atoms with Crippen molar-refractivity contribution in [3.8, 4) is 0 Å². The predicted molar refractivity (Wildman–Crippen MR) is 67.1 cm³/mol. The third kappa shape index (κ3) is 2.40. The SMILES string of the molecule is CCNc1cccc(CN2C(=O)C(=O)N(C)C2=O)n1. The summed E-state index contributed by atoms with van der Waals surface area (Å²) in [6, 6.07) is 4.64. The number of nitrogens with one attached hydrogen (secondary N) is 1. The maximum Gasteiger partial charge on any atom is 0.334 e. The van der Waals surface area contributed by atoms with E-state index >= 15 is 0 Å². The van der Waals surface area contributed by atoms with Crippen molar-refractivity contribution in [3.63, 3.8) is 0 Å². The molecule has 2 heterocycles. The molecule has 4 amide bonds. The first-order valence-electron chi connectivity index (χ1n) is 5.88. The summed E-state index contributed by atoms with van der Waals surface area (Å²) in [5.41, 5.74) is 0.545. The van der Waals surface area contributed by atoms with E-state index in [-0.39, 0.29) is 6.54 Å². The molecule has 1 aromatic rings. The molecule has 1 aliphatic heterocycles. The van der Waals surface area contributed by atoms with E-state index in [0.29, 0.717) is 11.5 Å². The average molecular weight is 262 g/mol. The van der Waals surface area contributed by atoms with Crippen LogP contribution in [0.2, 0.25) is 0 Å². The third-order valence-electron chi connectivity index (χ3n) is 2.74. The van der Waals surface area contributed by atoms with Gasteiger partial charge in [-0.05, 0) is 19.1 Å². The lowest BCUT2D eigenvalue weighted by molar-refractivity contribution is -0.143. The number of carbonyl (C=O) groups is 3. The molecule has 0 saturated carbocycles. The minimum Gasteiger partial charge on any atom is -0.370 e. The maximum atomic E-state index is 11.7. The third-order valence-corrected chi connectivity index (χ3v) is 2.74. The second-order valence-electron chi connectivity index (χ2n) is 4.08. The van der Waals surface area contributed by atoms with Crippen LogP contribution < -0.4 is 5.32 Å². The summed E-state index contributed by atoms with van der Waals surface area (Å²) >= 11 is 0. The van der Waals surface area contributed by atoms with Crippen molar-refractivity contribution in [1.29, 1.82) is 0 Å². The molecule has 1 saturated heterocycles. The largest absolute Gasteiger partial charge is 0.370 e. The molecule has 0 atom stereocenters. The Hall–Kier alpha value is -2.44. The zero-order valence-electron chi connectivity index (χ0n) is 10.7. The van der Waals surface area contributed by atoms with Crippen LogP contribution in [0.15, 0.2) is 18.2 Å². The number of carbonyl (C=O) groups excluding carboxylic acids is 3. The van der Waals surface area contributed by atoms with E-state index < -0.39 is 17.8 Å². The summed E-state index contributed by atoms with van der Waals surface area (Å²) in [5, 5.41) is 3.04. The topological polar surface area (TPSA) is 82.6 Å². The standard InChI is InChI=1S/C12H14N4O3/c1-3-13-9-6-4-5-8(14-9)7-16-11(18)10(17)15(2)12(16)19/h4-6H,3,7H2,1-2H3,(H,13,14). The Labute approximate surface area is 110 Å². The summed E-state index contributed by atoms with van der Waals surface area (Å²) in [5.74, 6) is -0.963. The highest BCUT2D eigenvalue weighted by Crippen LogP contribution is 2.14. The molecule has 0 aromatic carbocycles. The van der Waals surface area contributed by atoms with Crippen LogP contribution in [0.5, 0.6) is 0 Å². The van der Waals surface area contributed by atoms with Gasteiger partial charge < -0.3 is 5.32 Å². The monoisotopic (exact) mass is 262 g/mol. The highest BCUT2D eigenvalue weighted by atomic mass is 16.2. The molecule has 1 aliphatic rings. The molecular weight excluding hydrogens is 248 g/mol. The van der Waals surface area contributed by atoms with Gasteiger partial charge in [-0.1, -0.05) is 6.07 Å². The van der Waals surface area contributed by atoms with Crippen molar-refractivity contribution in [1.82, 2.24) is 14.8 Å². The summed E-state index contributed by atoms with van der Waals surface area (Å²) in [6.07, 6.45) is 0. The van der Waals surface area contributed by atoms with Crippen LogP contribution in [0, 0.1) is 0 Å². The highest BCUT2D eigenvalue weighted by Gasteiger charge is 2.42. The van der Waals surface area contributed by atoms with Crippen LogP contribution in [0.25, 0.3) is 0 Å². The van der Waals surface area contributed by atoms with Gasteiger partial charge in [0.05, 0.1) is 12.2 Å². The van der Waals surface area contributed by atoms with Crippen LogP contribution in [-0.4, -0.2) is 46.2 Å². The second-order valence-corrected chi connectivity index (χ2v) is 4.08. The quantitative estimate of drug-likeness (QED) is 0.628. The van der Waals surface area contributed by atoms with E-state index in [9.17, 15) is 14.4 Å². The number of urea groups is 1. The first-order valence-corrected chi connectivity index (χ1v) is 5.88. The molecule has 0 radical (unpaired) electrons. The molecule has 1 fully saturated rings. The van der Waals surface area contributed by atoms with Crippen molar-refractivity contribution in [2.75, 3.05) is 18.9 Å². The number of rotatable bonds is 4. The first-order chi connectivity index (χ1) is 9.04. The normalized spacial score (nSPS) is 15.4. The number of imide groups is 2. The van der Waals surface area contributed by atoms with Gasteiger partial charge in [-0.25, -0.2) is 14.7 Å². The van der Waals surface area contributed by atoms with E-state index in [1.165, 1.54) is 7.05 Å². The fraction of sp³-hybridized carbons (Fsp3) is 0.333. The van der Waals surface area contributed by atoms with Gasteiger partial charge >= 0.3 is 17.8 Å². The second kappa shape index (κ2) is 5.05. The van der Waals surface area contributed by atoms with Crippen molar-refractivity contribution in [2.24, 2.45) is 0 Å². The molecule has 2 rings (SSSR count). The lowest BCUT2D eigenvalue weighted by Gasteiger charge is -2.13. The van der Waals surface area contributed by atoms with Crippen molar-refractivity contribution in [2.45, 2.75) is 13.5 Å². The van der Waals surface area contributed by atoms with E-state index in [0.717, 1.165) is 16.3 Å². The zero-order chi connectivity index (χ0) is 14.0. The van der Waals surface area contributed by atoms with Crippen LogP contribution in [0.3, 0.4) is 0 Å². The van der Waals surface area contributed by atoms with Gasteiger partial charge in [0.15, 0.2) is 0 Å². The van der Waals surface area contributed by atoms with Gasteiger partial charge in [-0.3, -0.25) is 14.5 Å².